The maximum atomic E-state index is 13.1. The third-order valence-electron chi connectivity index (χ3n) is 4.24. The minimum Gasteiger partial charge on any atom is -0.487 e. The fourth-order valence-corrected chi connectivity index (χ4v) is 2.74. The smallest absolute Gasteiger partial charge is 0.342 e. The van der Waals surface area contributed by atoms with Crippen LogP contribution >= 0.6 is 0 Å². The number of halogens is 1. The van der Waals surface area contributed by atoms with Crippen molar-refractivity contribution in [3.63, 3.8) is 0 Å². The molecule has 0 spiro atoms. The van der Waals surface area contributed by atoms with E-state index >= 15 is 0 Å². The summed E-state index contributed by atoms with van der Waals surface area (Å²) in [6.45, 7) is 0.198. The van der Waals surface area contributed by atoms with Gasteiger partial charge in [-0.1, -0.05) is 17.3 Å². The van der Waals surface area contributed by atoms with E-state index in [1.165, 1.54) is 23.0 Å². The van der Waals surface area contributed by atoms with Gasteiger partial charge in [0, 0.05) is 11.8 Å². The van der Waals surface area contributed by atoms with Crippen LogP contribution in [0.2, 0.25) is 0 Å². The van der Waals surface area contributed by atoms with Gasteiger partial charge in [0.2, 0.25) is 0 Å². The summed E-state index contributed by atoms with van der Waals surface area (Å²) in [5.41, 5.74) is 0.613. The summed E-state index contributed by atoms with van der Waals surface area (Å²) in [7, 11) is 0. The molecule has 2 N–H and O–H groups in total. The third kappa shape index (κ3) is 3.92. The number of rotatable bonds is 6. The fourth-order valence-electron chi connectivity index (χ4n) is 2.74. The Morgan fingerprint density at radius 3 is 2.67 bits per heavy atom. The molecule has 0 bridgehead atoms. The largest absolute Gasteiger partial charge is 0.487 e. The second kappa shape index (κ2) is 7.95. The number of benzene rings is 2. The van der Waals surface area contributed by atoms with Gasteiger partial charge in [0.05, 0.1) is 12.4 Å². The molecule has 0 aliphatic carbocycles. The topological polar surface area (TPSA) is 123 Å². The molecule has 0 saturated carbocycles. The number of hydrogen-bond donors (Lipinski definition) is 2. The van der Waals surface area contributed by atoms with E-state index in [1.807, 2.05) is 0 Å². The van der Waals surface area contributed by atoms with Gasteiger partial charge in [0.25, 0.3) is 5.56 Å². The summed E-state index contributed by atoms with van der Waals surface area (Å²) in [5, 5.41) is 16.7. The number of carbonyl (C=O) groups is 1. The third-order valence-corrected chi connectivity index (χ3v) is 4.24. The summed E-state index contributed by atoms with van der Waals surface area (Å²) >= 11 is 0. The van der Waals surface area contributed by atoms with Crippen LogP contribution in [0.5, 0.6) is 5.75 Å². The molecule has 0 atom stereocenters. The van der Waals surface area contributed by atoms with Crippen LogP contribution in [0.4, 0.5) is 4.39 Å². The van der Waals surface area contributed by atoms with Gasteiger partial charge in [-0.2, -0.15) is 0 Å². The molecule has 30 heavy (non-hydrogen) atoms. The molecular weight excluding hydrogens is 393 g/mol. The van der Waals surface area contributed by atoms with Gasteiger partial charge in [0.1, 0.15) is 35.2 Å². The van der Waals surface area contributed by atoms with E-state index < -0.39 is 17.1 Å². The molecule has 2 heterocycles. The highest BCUT2D eigenvalue weighted by atomic mass is 19.1. The van der Waals surface area contributed by atoms with Gasteiger partial charge >= 0.3 is 5.97 Å². The van der Waals surface area contributed by atoms with Gasteiger partial charge in [-0.25, -0.2) is 18.9 Å². The van der Waals surface area contributed by atoms with Crippen molar-refractivity contribution in [2.24, 2.45) is 0 Å². The molecule has 0 fully saturated rings. The molecule has 0 aliphatic heterocycles. The first kappa shape index (κ1) is 19.0. The standard InChI is InChI=1S/C20H14FN5O4/c21-14-4-1-12(2-5-14)11-30-17-6-3-13(9-16(17)26-8-7-23-25-26)18-22-10-15(20(28)29)19(27)24-18/h1-10H,11H2,(H,28,29)(H,22,24,27). The van der Waals surface area contributed by atoms with E-state index in [0.717, 1.165) is 11.8 Å². The molecular formula is C20H14FN5O4. The number of ether oxygens (including phenoxy) is 1. The van der Waals surface area contributed by atoms with Crippen molar-refractivity contribution in [1.29, 1.82) is 0 Å². The van der Waals surface area contributed by atoms with E-state index in [-0.39, 0.29) is 18.2 Å². The highest BCUT2D eigenvalue weighted by molar-refractivity contribution is 5.86. The van der Waals surface area contributed by atoms with E-state index in [1.54, 1.807) is 36.5 Å². The maximum absolute atomic E-state index is 13.1. The summed E-state index contributed by atoms with van der Waals surface area (Å²) in [4.78, 5) is 29.5. The van der Waals surface area contributed by atoms with Crippen molar-refractivity contribution in [1.82, 2.24) is 25.0 Å². The SMILES string of the molecule is O=C(O)c1cnc(-c2ccc(OCc3ccc(F)cc3)c(-n3ccnn3)c2)[nH]c1=O. The monoisotopic (exact) mass is 407 g/mol. The lowest BCUT2D eigenvalue weighted by Gasteiger charge is -2.13. The quantitative estimate of drug-likeness (QED) is 0.503. The number of nitrogens with one attached hydrogen (secondary N) is 1. The molecule has 0 unspecified atom stereocenters. The van der Waals surface area contributed by atoms with Crippen molar-refractivity contribution in [3.05, 3.63) is 88.4 Å². The molecule has 2 aromatic carbocycles. The number of aromatic nitrogens is 5. The summed E-state index contributed by atoms with van der Waals surface area (Å²) < 4.78 is 20.4. The second-order valence-electron chi connectivity index (χ2n) is 6.23. The Hall–Kier alpha value is -4.34. The molecule has 10 heteroatoms. The van der Waals surface area contributed by atoms with Crippen LogP contribution in [0.3, 0.4) is 0 Å². The maximum Gasteiger partial charge on any atom is 0.342 e. The number of nitrogens with zero attached hydrogens (tertiary/aromatic N) is 4. The highest BCUT2D eigenvalue weighted by Crippen LogP contribution is 2.28. The average Bonchev–Trinajstić information content (AvgIpc) is 3.28. The van der Waals surface area contributed by atoms with Crippen LogP contribution in [0.1, 0.15) is 15.9 Å². The Morgan fingerprint density at radius 2 is 2.00 bits per heavy atom. The lowest BCUT2D eigenvalue weighted by atomic mass is 10.1. The predicted molar refractivity (Wildman–Crippen MR) is 103 cm³/mol. The minimum absolute atomic E-state index is 0.191. The Labute approximate surface area is 168 Å². The molecule has 9 nitrogen and oxygen atoms in total. The Kier molecular flexibility index (Phi) is 5.04. The number of H-pyrrole nitrogens is 1. The van der Waals surface area contributed by atoms with Crippen molar-refractivity contribution in [2.45, 2.75) is 6.61 Å². The summed E-state index contributed by atoms with van der Waals surface area (Å²) in [6.07, 6.45) is 4.12. The van der Waals surface area contributed by atoms with Crippen molar-refractivity contribution < 1.29 is 19.0 Å². The molecule has 0 aliphatic rings. The van der Waals surface area contributed by atoms with Crippen molar-refractivity contribution in [2.75, 3.05) is 0 Å². The van der Waals surface area contributed by atoms with Crippen LogP contribution in [0.25, 0.3) is 17.1 Å². The molecule has 0 radical (unpaired) electrons. The van der Waals surface area contributed by atoms with Crippen molar-refractivity contribution in [3.8, 4) is 22.8 Å². The lowest BCUT2D eigenvalue weighted by molar-refractivity contribution is 0.0694. The normalized spacial score (nSPS) is 10.7. The van der Waals surface area contributed by atoms with Crippen molar-refractivity contribution >= 4 is 5.97 Å². The molecule has 0 saturated heterocycles. The molecule has 2 aromatic heterocycles. The zero-order valence-electron chi connectivity index (χ0n) is 15.3. The minimum atomic E-state index is -1.36. The van der Waals surface area contributed by atoms with Crippen LogP contribution in [0, 0.1) is 5.82 Å². The second-order valence-corrected chi connectivity index (χ2v) is 6.23. The number of carboxylic acids is 1. The number of aromatic amines is 1. The van der Waals surface area contributed by atoms with Crippen LogP contribution in [0.15, 0.2) is 65.8 Å². The fraction of sp³-hybridized carbons (Fsp3) is 0.0500. The van der Waals surface area contributed by atoms with E-state index in [9.17, 15) is 14.0 Å². The molecule has 4 aromatic rings. The Balaban J connectivity index is 1.69. The van der Waals surface area contributed by atoms with Crippen LogP contribution in [-0.4, -0.2) is 36.0 Å². The summed E-state index contributed by atoms with van der Waals surface area (Å²) in [6, 6.07) is 11.0. The van der Waals surface area contributed by atoms with Gasteiger partial charge in [-0.05, 0) is 35.9 Å². The predicted octanol–water partition coefficient (Wildman–Crippen LogP) is 2.43. The molecule has 4 rings (SSSR count). The van der Waals surface area contributed by atoms with Gasteiger partial charge in [-0.3, -0.25) is 4.79 Å². The molecule has 0 amide bonds. The zero-order chi connectivity index (χ0) is 21.1. The van der Waals surface area contributed by atoms with Crippen LogP contribution < -0.4 is 10.3 Å². The van der Waals surface area contributed by atoms with Crippen LogP contribution in [-0.2, 0) is 6.61 Å². The van der Waals surface area contributed by atoms with E-state index in [0.29, 0.717) is 17.0 Å². The Morgan fingerprint density at radius 1 is 1.20 bits per heavy atom. The number of carboxylic acid groups (broad SMARTS) is 1. The van der Waals surface area contributed by atoms with Gasteiger partial charge in [-0.15, -0.1) is 5.10 Å². The highest BCUT2D eigenvalue weighted by Gasteiger charge is 2.14. The van der Waals surface area contributed by atoms with E-state index in [4.69, 9.17) is 9.84 Å². The number of hydrogen-bond acceptors (Lipinski definition) is 6. The van der Waals surface area contributed by atoms with Gasteiger partial charge < -0.3 is 14.8 Å². The summed E-state index contributed by atoms with van der Waals surface area (Å²) in [5.74, 6) is -1.03. The van der Waals surface area contributed by atoms with Gasteiger partial charge in [0.15, 0.2) is 0 Å². The first-order chi connectivity index (χ1) is 14.5. The van der Waals surface area contributed by atoms with E-state index in [2.05, 4.69) is 20.3 Å². The molecule has 150 valence electrons. The first-order valence-electron chi connectivity index (χ1n) is 8.72. The lowest BCUT2D eigenvalue weighted by Crippen LogP contribution is -2.18. The first-order valence-corrected chi connectivity index (χ1v) is 8.72. The zero-order valence-corrected chi connectivity index (χ0v) is 15.3. The average molecular weight is 407 g/mol. The number of aromatic carboxylic acids is 1. The Bertz CT molecular complexity index is 1250.